The van der Waals surface area contributed by atoms with Crippen molar-refractivity contribution in [3.63, 3.8) is 0 Å². The quantitative estimate of drug-likeness (QED) is 0.857. The van der Waals surface area contributed by atoms with Crippen LogP contribution in [0.4, 0.5) is 0 Å². The molecular weight excluding hydrogens is 322 g/mol. The maximum atomic E-state index is 12.5. The Morgan fingerprint density at radius 3 is 2.71 bits per heavy atom. The van der Waals surface area contributed by atoms with Crippen LogP contribution in [0.3, 0.4) is 0 Å². The van der Waals surface area contributed by atoms with Gasteiger partial charge in [-0.2, -0.15) is 0 Å². The Labute approximate surface area is 147 Å². The van der Waals surface area contributed by atoms with Gasteiger partial charge in [0.15, 0.2) is 0 Å². The summed E-state index contributed by atoms with van der Waals surface area (Å²) in [6, 6.07) is 14.0. The Bertz CT molecular complexity index is 719. The molecule has 4 rings (SSSR count). The van der Waals surface area contributed by atoms with Crippen molar-refractivity contribution in [2.24, 2.45) is 5.92 Å². The van der Waals surface area contributed by atoms with Gasteiger partial charge in [-0.3, -0.25) is 14.7 Å². The second-order valence-electron chi connectivity index (χ2n) is 6.68. The predicted molar refractivity (Wildman–Crippen MR) is 93.7 cm³/mol. The van der Waals surface area contributed by atoms with E-state index >= 15 is 0 Å². The number of hydrogen-bond acceptors (Lipinski definition) is 3. The van der Waals surface area contributed by atoms with Gasteiger partial charge in [-0.05, 0) is 29.8 Å². The average Bonchev–Trinajstić information content (AvgIpc) is 2.93. The van der Waals surface area contributed by atoms with Crippen LogP contribution < -0.4 is 0 Å². The van der Waals surface area contributed by atoms with Crippen LogP contribution in [0.15, 0.2) is 48.7 Å². The molecule has 2 aromatic rings. The summed E-state index contributed by atoms with van der Waals surface area (Å²) in [4.78, 5) is 21.4. The van der Waals surface area contributed by atoms with Gasteiger partial charge in [0.05, 0.1) is 12.1 Å². The van der Waals surface area contributed by atoms with Crippen LogP contribution in [0.25, 0.3) is 0 Å². The summed E-state index contributed by atoms with van der Waals surface area (Å²) in [5, 5.41) is 0.704. The molecule has 1 amide bonds. The summed E-state index contributed by atoms with van der Waals surface area (Å²) in [5.41, 5.74) is 2.12. The second kappa shape index (κ2) is 6.54. The molecule has 2 atom stereocenters. The number of carbonyl (C=O) groups excluding carboxylic acids is 1. The van der Waals surface area contributed by atoms with Crippen molar-refractivity contribution < 1.29 is 4.79 Å². The van der Waals surface area contributed by atoms with Crippen LogP contribution in [0.5, 0.6) is 0 Å². The Morgan fingerprint density at radius 1 is 1.12 bits per heavy atom. The monoisotopic (exact) mass is 341 g/mol. The lowest BCUT2D eigenvalue weighted by Crippen LogP contribution is -2.54. The highest BCUT2D eigenvalue weighted by atomic mass is 35.5. The number of carbonyl (C=O) groups is 1. The number of rotatable bonds is 4. The number of hydrogen-bond donors (Lipinski definition) is 0. The van der Waals surface area contributed by atoms with Gasteiger partial charge in [0.2, 0.25) is 5.91 Å². The minimum atomic E-state index is 0.213. The van der Waals surface area contributed by atoms with Crippen molar-refractivity contribution in [3.05, 3.63) is 64.9 Å². The lowest BCUT2D eigenvalue weighted by molar-refractivity contribution is -0.129. The number of nitrogens with zero attached hydrogens (tertiary/aromatic N) is 3. The fourth-order valence-corrected chi connectivity index (χ4v) is 3.85. The van der Waals surface area contributed by atoms with Crippen molar-refractivity contribution in [2.75, 3.05) is 19.6 Å². The molecule has 0 aliphatic carbocycles. The molecule has 2 saturated heterocycles. The second-order valence-corrected chi connectivity index (χ2v) is 7.12. The maximum Gasteiger partial charge on any atom is 0.227 e. The molecule has 0 N–H and O–H groups in total. The minimum absolute atomic E-state index is 0.213. The van der Waals surface area contributed by atoms with E-state index in [1.165, 1.54) is 0 Å². The summed E-state index contributed by atoms with van der Waals surface area (Å²) in [7, 11) is 0. The molecule has 2 unspecified atom stereocenters. The molecule has 1 aromatic heterocycles. The van der Waals surface area contributed by atoms with Crippen molar-refractivity contribution >= 4 is 17.5 Å². The van der Waals surface area contributed by atoms with Crippen molar-refractivity contribution in [2.45, 2.75) is 19.0 Å². The molecule has 3 heterocycles. The van der Waals surface area contributed by atoms with Crippen LogP contribution in [0, 0.1) is 5.92 Å². The number of amides is 1. The molecular formula is C19H20ClN3O. The first-order valence-corrected chi connectivity index (χ1v) is 8.73. The van der Waals surface area contributed by atoms with Gasteiger partial charge >= 0.3 is 0 Å². The largest absolute Gasteiger partial charge is 0.340 e. The van der Waals surface area contributed by atoms with E-state index in [0.717, 1.165) is 37.4 Å². The van der Waals surface area contributed by atoms with E-state index < -0.39 is 0 Å². The number of pyridine rings is 1. The molecule has 2 aliphatic heterocycles. The van der Waals surface area contributed by atoms with Gasteiger partial charge < -0.3 is 4.90 Å². The Morgan fingerprint density at radius 2 is 1.96 bits per heavy atom. The molecule has 0 radical (unpaired) electrons. The van der Waals surface area contributed by atoms with Crippen LogP contribution in [0.2, 0.25) is 5.02 Å². The highest BCUT2D eigenvalue weighted by Crippen LogP contribution is 2.33. The van der Waals surface area contributed by atoms with Gasteiger partial charge in [0.1, 0.15) is 0 Å². The van der Waals surface area contributed by atoms with Crippen molar-refractivity contribution in [1.29, 1.82) is 0 Å². The maximum absolute atomic E-state index is 12.5. The highest BCUT2D eigenvalue weighted by molar-refractivity contribution is 6.30. The van der Waals surface area contributed by atoms with E-state index in [1.807, 2.05) is 47.5 Å². The average molecular weight is 342 g/mol. The van der Waals surface area contributed by atoms with Gasteiger partial charge in [-0.15, -0.1) is 0 Å². The SMILES string of the molecule is O=C(Cc1ccc(Cl)cc1)N1CC2CN(Cc3ccccn3)C2C1. The lowest BCUT2D eigenvalue weighted by Gasteiger charge is -2.43. The highest BCUT2D eigenvalue weighted by Gasteiger charge is 2.46. The van der Waals surface area contributed by atoms with Crippen molar-refractivity contribution in [1.82, 2.24) is 14.8 Å². The standard InChI is InChI=1S/C19H20ClN3O/c20-16-6-4-14(5-7-16)9-19(24)23-11-15-10-22(18(15)13-23)12-17-3-1-2-8-21-17/h1-8,15,18H,9-13H2. The molecule has 5 heteroatoms. The van der Waals surface area contributed by atoms with E-state index in [9.17, 15) is 4.79 Å². The number of halogens is 1. The third kappa shape index (κ3) is 3.17. The smallest absolute Gasteiger partial charge is 0.227 e. The van der Waals surface area contributed by atoms with Gasteiger partial charge in [-0.25, -0.2) is 0 Å². The van der Waals surface area contributed by atoms with Crippen molar-refractivity contribution in [3.8, 4) is 0 Å². The molecule has 2 aliphatic rings. The summed E-state index contributed by atoms with van der Waals surface area (Å²) in [6.07, 6.45) is 2.29. The van der Waals surface area contributed by atoms with Crippen LogP contribution in [-0.2, 0) is 17.8 Å². The zero-order chi connectivity index (χ0) is 16.5. The molecule has 1 aromatic carbocycles. The molecule has 0 spiro atoms. The zero-order valence-corrected chi connectivity index (χ0v) is 14.2. The Hall–Kier alpha value is -1.91. The number of likely N-dealkylation sites (tertiary alicyclic amines) is 2. The van der Waals surface area contributed by atoms with E-state index in [0.29, 0.717) is 23.4 Å². The Kier molecular flexibility index (Phi) is 4.25. The summed E-state index contributed by atoms with van der Waals surface area (Å²) < 4.78 is 0. The molecule has 2 fully saturated rings. The van der Waals surface area contributed by atoms with Gasteiger partial charge in [0.25, 0.3) is 0 Å². The first-order valence-electron chi connectivity index (χ1n) is 8.35. The zero-order valence-electron chi connectivity index (χ0n) is 13.4. The van der Waals surface area contributed by atoms with E-state index in [1.54, 1.807) is 0 Å². The molecule has 0 bridgehead atoms. The summed E-state index contributed by atoms with van der Waals surface area (Å²) in [6.45, 7) is 3.66. The summed E-state index contributed by atoms with van der Waals surface area (Å²) in [5.74, 6) is 0.826. The van der Waals surface area contributed by atoms with Crippen LogP contribution >= 0.6 is 11.6 Å². The van der Waals surface area contributed by atoms with E-state index in [4.69, 9.17) is 11.6 Å². The van der Waals surface area contributed by atoms with Gasteiger partial charge in [0, 0.05) is 49.4 Å². The number of fused-ring (bicyclic) bond motifs is 1. The number of aromatic nitrogens is 1. The first-order chi connectivity index (χ1) is 11.7. The predicted octanol–water partition coefficient (Wildman–Crippen LogP) is 2.62. The fourth-order valence-electron chi connectivity index (χ4n) is 3.72. The van der Waals surface area contributed by atoms with Crippen LogP contribution in [0.1, 0.15) is 11.3 Å². The third-order valence-corrected chi connectivity index (χ3v) is 5.31. The number of benzene rings is 1. The van der Waals surface area contributed by atoms with Crippen LogP contribution in [-0.4, -0.2) is 46.4 Å². The Balaban J connectivity index is 1.33. The van der Waals surface area contributed by atoms with Gasteiger partial charge in [-0.1, -0.05) is 29.8 Å². The van der Waals surface area contributed by atoms with E-state index in [-0.39, 0.29) is 5.91 Å². The lowest BCUT2D eigenvalue weighted by atomic mass is 9.92. The molecule has 24 heavy (non-hydrogen) atoms. The minimum Gasteiger partial charge on any atom is -0.340 e. The fraction of sp³-hybridized carbons (Fsp3) is 0.368. The molecule has 124 valence electrons. The van der Waals surface area contributed by atoms with E-state index in [2.05, 4.69) is 16.0 Å². The topological polar surface area (TPSA) is 36.4 Å². The molecule has 4 nitrogen and oxygen atoms in total. The normalized spacial score (nSPS) is 23.0. The molecule has 0 saturated carbocycles. The summed E-state index contributed by atoms with van der Waals surface area (Å²) >= 11 is 5.90. The first kappa shape index (κ1) is 15.6. The third-order valence-electron chi connectivity index (χ3n) is 5.06.